The minimum absolute atomic E-state index is 0.236. The summed E-state index contributed by atoms with van der Waals surface area (Å²) in [5.74, 6) is 0.0795. The summed E-state index contributed by atoms with van der Waals surface area (Å²) >= 11 is 0. The molecular weight excluding hydrogens is 346 g/mol. The van der Waals surface area contributed by atoms with Gasteiger partial charge in [-0.1, -0.05) is 6.07 Å². The Hall–Kier alpha value is -2.15. The summed E-state index contributed by atoms with van der Waals surface area (Å²) in [5.41, 5.74) is 1.30. The van der Waals surface area contributed by atoms with Crippen LogP contribution in [0, 0.1) is 0 Å². The average molecular weight is 375 g/mol. The highest BCUT2D eigenvalue weighted by Gasteiger charge is 2.41. The first-order chi connectivity index (χ1) is 12.5. The van der Waals surface area contributed by atoms with E-state index < -0.39 is 5.60 Å². The van der Waals surface area contributed by atoms with Gasteiger partial charge in [0.25, 0.3) is 0 Å². The average Bonchev–Trinajstić information content (AvgIpc) is 2.43. The molecule has 3 heterocycles. The highest BCUT2D eigenvalue weighted by molar-refractivity contribution is 5.69. The molecule has 7 heteroatoms. The van der Waals surface area contributed by atoms with E-state index in [1.54, 1.807) is 4.90 Å². The van der Waals surface area contributed by atoms with Crippen LogP contribution >= 0.6 is 0 Å². The Morgan fingerprint density at radius 3 is 2.44 bits per heavy atom. The second-order valence-corrected chi connectivity index (χ2v) is 8.85. The number of ether oxygens (including phenoxy) is 2. The van der Waals surface area contributed by atoms with Crippen molar-refractivity contribution in [1.82, 2.24) is 14.8 Å². The number of hydrogen-bond donors (Lipinski definition) is 0. The van der Waals surface area contributed by atoms with Gasteiger partial charge in [-0.05, 0) is 39.3 Å². The molecule has 0 N–H and O–H groups in total. The van der Waals surface area contributed by atoms with Gasteiger partial charge < -0.3 is 14.4 Å². The number of esters is 1. The van der Waals surface area contributed by atoms with Crippen LogP contribution in [0.1, 0.15) is 51.8 Å². The van der Waals surface area contributed by atoms with Crippen LogP contribution in [0.25, 0.3) is 0 Å². The Bertz CT molecular complexity index is 699. The molecule has 2 aliphatic heterocycles. The van der Waals surface area contributed by atoms with Gasteiger partial charge in [0.2, 0.25) is 0 Å². The van der Waals surface area contributed by atoms with Crippen molar-refractivity contribution in [2.75, 3.05) is 26.2 Å². The number of aromatic nitrogens is 1. The quantitative estimate of drug-likeness (QED) is 0.753. The van der Waals surface area contributed by atoms with Gasteiger partial charge >= 0.3 is 12.1 Å². The zero-order valence-electron chi connectivity index (χ0n) is 16.8. The summed E-state index contributed by atoms with van der Waals surface area (Å²) in [5, 5.41) is 0. The fraction of sp³-hybridized carbons (Fsp3) is 0.650. The van der Waals surface area contributed by atoms with Crippen LogP contribution in [-0.2, 0) is 20.8 Å². The minimum Gasteiger partial charge on any atom is -0.457 e. The Labute approximate surface area is 160 Å². The summed E-state index contributed by atoms with van der Waals surface area (Å²) in [4.78, 5) is 31.6. The van der Waals surface area contributed by atoms with E-state index in [0.717, 1.165) is 30.9 Å². The van der Waals surface area contributed by atoms with E-state index in [2.05, 4.69) is 16.0 Å². The van der Waals surface area contributed by atoms with E-state index in [0.29, 0.717) is 19.0 Å². The molecule has 0 bridgehead atoms. The number of hydrogen-bond acceptors (Lipinski definition) is 6. The Morgan fingerprint density at radius 2 is 1.93 bits per heavy atom. The van der Waals surface area contributed by atoms with Crippen molar-refractivity contribution in [3.05, 3.63) is 29.6 Å². The van der Waals surface area contributed by atoms with Gasteiger partial charge in [0.05, 0.1) is 5.69 Å². The highest BCUT2D eigenvalue weighted by atomic mass is 16.6. The fourth-order valence-corrected chi connectivity index (χ4v) is 3.59. The molecule has 27 heavy (non-hydrogen) atoms. The minimum atomic E-state index is -0.465. The van der Waals surface area contributed by atoms with Crippen molar-refractivity contribution in [3.63, 3.8) is 0 Å². The van der Waals surface area contributed by atoms with Crippen LogP contribution in [0.3, 0.4) is 0 Å². The van der Waals surface area contributed by atoms with Gasteiger partial charge in [0, 0.05) is 51.8 Å². The molecule has 2 saturated heterocycles. The normalized spacial score (nSPS) is 19.8. The predicted molar refractivity (Wildman–Crippen MR) is 100 cm³/mol. The Balaban J connectivity index is 1.44. The zero-order chi connectivity index (χ0) is 19.8. The second kappa shape index (κ2) is 7.11. The molecule has 0 radical (unpaired) electrons. The van der Waals surface area contributed by atoms with Crippen LogP contribution in [0.4, 0.5) is 4.79 Å². The second-order valence-electron chi connectivity index (χ2n) is 8.85. The maximum absolute atomic E-state index is 12.0. The predicted octanol–water partition coefficient (Wildman–Crippen LogP) is 2.55. The van der Waals surface area contributed by atoms with Crippen LogP contribution in [0.5, 0.6) is 0 Å². The lowest BCUT2D eigenvalue weighted by Crippen LogP contribution is -2.61. The molecule has 148 valence electrons. The Morgan fingerprint density at radius 1 is 1.26 bits per heavy atom. The molecule has 0 saturated carbocycles. The number of rotatable bonds is 4. The summed E-state index contributed by atoms with van der Waals surface area (Å²) in [6.07, 6.45) is 1.65. The zero-order valence-corrected chi connectivity index (χ0v) is 16.8. The molecule has 3 rings (SSSR count). The molecule has 2 aliphatic rings. The third kappa shape index (κ3) is 4.97. The summed E-state index contributed by atoms with van der Waals surface area (Å²) < 4.78 is 10.7. The van der Waals surface area contributed by atoms with Crippen molar-refractivity contribution in [1.29, 1.82) is 0 Å². The Kier molecular flexibility index (Phi) is 5.16. The van der Waals surface area contributed by atoms with Gasteiger partial charge in [-0.15, -0.1) is 0 Å². The van der Waals surface area contributed by atoms with Crippen LogP contribution in [0.15, 0.2) is 18.3 Å². The van der Waals surface area contributed by atoms with Crippen LogP contribution < -0.4 is 0 Å². The molecule has 0 atom stereocenters. The monoisotopic (exact) mass is 375 g/mol. The van der Waals surface area contributed by atoms with E-state index in [4.69, 9.17) is 9.47 Å². The van der Waals surface area contributed by atoms with Gasteiger partial charge in [0.15, 0.2) is 0 Å². The largest absolute Gasteiger partial charge is 0.457 e. The molecule has 7 nitrogen and oxygen atoms in total. The molecule has 0 aromatic carbocycles. The van der Waals surface area contributed by atoms with Gasteiger partial charge in [0.1, 0.15) is 11.2 Å². The van der Waals surface area contributed by atoms with E-state index in [9.17, 15) is 9.59 Å². The van der Waals surface area contributed by atoms with Gasteiger partial charge in [-0.25, -0.2) is 4.79 Å². The number of carbonyl (C=O) groups is 2. The lowest BCUT2D eigenvalue weighted by atomic mass is 9.93. The highest BCUT2D eigenvalue weighted by Crippen LogP contribution is 2.29. The summed E-state index contributed by atoms with van der Waals surface area (Å²) in [6, 6.07) is 4.12. The molecule has 1 amide bonds. The SMILES string of the molecule is CC(=O)OC1(C)CN(Cc2ccc(C3CN(C(=O)OC(C)(C)C)C3)cn2)C1. The topological polar surface area (TPSA) is 72.0 Å². The molecule has 1 aromatic rings. The number of amides is 1. The van der Waals surface area contributed by atoms with Crippen molar-refractivity contribution in [3.8, 4) is 0 Å². The lowest BCUT2D eigenvalue weighted by molar-refractivity contribution is -0.174. The lowest BCUT2D eigenvalue weighted by Gasteiger charge is -2.46. The summed E-state index contributed by atoms with van der Waals surface area (Å²) in [6.45, 7) is 12.5. The van der Waals surface area contributed by atoms with Crippen molar-refractivity contribution >= 4 is 12.1 Å². The van der Waals surface area contributed by atoms with Crippen molar-refractivity contribution < 1.29 is 19.1 Å². The van der Waals surface area contributed by atoms with E-state index in [1.807, 2.05) is 40.0 Å². The number of carbonyl (C=O) groups excluding carboxylic acids is 2. The van der Waals surface area contributed by atoms with Crippen molar-refractivity contribution in [2.45, 2.75) is 58.3 Å². The molecule has 0 unspecified atom stereocenters. The van der Waals surface area contributed by atoms with Crippen LogP contribution in [-0.4, -0.2) is 64.2 Å². The first-order valence-corrected chi connectivity index (χ1v) is 9.38. The van der Waals surface area contributed by atoms with Gasteiger partial charge in [-0.2, -0.15) is 0 Å². The maximum Gasteiger partial charge on any atom is 0.410 e. The van der Waals surface area contributed by atoms with E-state index >= 15 is 0 Å². The molecule has 0 spiro atoms. The standard InChI is InChI=1S/C20H29N3O4/c1-14(24)26-20(5)12-22(13-20)11-17-7-6-15(8-21-17)16-9-23(10-16)18(25)27-19(2,3)4/h6-8,16H,9-13H2,1-5H3. The number of nitrogens with zero attached hydrogens (tertiary/aromatic N) is 3. The fourth-order valence-electron chi connectivity index (χ4n) is 3.59. The van der Waals surface area contributed by atoms with E-state index in [-0.39, 0.29) is 17.7 Å². The third-order valence-electron chi connectivity index (χ3n) is 4.74. The molecular formula is C20H29N3O4. The van der Waals surface area contributed by atoms with Gasteiger partial charge in [-0.3, -0.25) is 14.7 Å². The summed E-state index contributed by atoms with van der Waals surface area (Å²) in [7, 11) is 0. The maximum atomic E-state index is 12.0. The van der Waals surface area contributed by atoms with Crippen molar-refractivity contribution in [2.24, 2.45) is 0 Å². The first kappa shape index (κ1) is 19.6. The third-order valence-corrected chi connectivity index (χ3v) is 4.74. The molecule has 0 aliphatic carbocycles. The van der Waals surface area contributed by atoms with E-state index in [1.165, 1.54) is 6.92 Å². The number of likely N-dealkylation sites (tertiary alicyclic amines) is 2. The smallest absolute Gasteiger partial charge is 0.410 e. The first-order valence-electron chi connectivity index (χ1n) is 9.38. The number of pyridine rings is 1. The molecule has 1 aromatic heterocycles. The van der Waals surface area contributed by atoms with Crippen LogP contribution in [0.2, 0.25) is 0 Å². The molecule has 2 fully saturated rings.